The number of amides is 2. The van der Waals surface area contributed by atoms with Gasteiger partial charge in [-0.1, -0.05) is 6.07 Å². The van der Waals surface area contributed by atoms with Gasteiger partial charge in [0.1, 0.15) is 0 Å². The van der Waals surface area contributed by atoms with Crippen LogP contribution in [0.25, 0.3) is 0 Å². The predicted octanol–water partition coefficient (Wildman–Crippen LogP) is 4.37. The molecule has 0 aromatic heterocycles. The topological polar surface area (TPSA) is 58.2 Å². The molecule has 0 spiro atoms. The molecule has 5 saturated carbocycles. The van der Waals surface area contributed by atoms with Crippen LogP contribution in [0, 0.1) is 29.1 Å². The van der Waals surface area contributed by atoms with Gasteiger partial charge >= 0.3 is 0 Å². The molecule has 4 bridgehead atoms. The first-order valence-electron chi connectivity index (χ1n) is 10.7. The third-order valence-electron chi connectivity index (χ3n) is 7.69. The van der Waals surface area contributed by atoms with Gasteiger partial charge in [0, 0.05) is 23.2 Å². The number of anilines is 1. The third kappa shape index (κ3) is 3.28. The van der Waals surface area contributed by atoms with E-state index < -0.39 is 0 Å². The molecule has 1 atom stereocenters. The number of benzene rings is 1. The second kappa shape index (κ2) is 6.35. The molecule has 27 heavy (non-hydrogen) atoms. The van der Waals surface area contributed by atoms with E-state index in [2.05, 4.69) is 17.6 Å². The Morgan fingerprint density at radius 1 is 1.04 bits per heavy atom. The summed E-state index contributed by atoms with van der Waals surface area (Å²) in [5.41, 5.74) is 1.67. The van der Waals surface area contributed by atoms with Crippen molar-refractivity contribution in [2.24, 2.45) is 29.1 Å². The van der Waals surface area contributed by atoms with Crippen molar-refractivity contribution in [2.75, 3.05) is 5.32 Å². The second-order valence-corrected chi connectivity index (χ2v) is 9.82. The summed E-state index contributed by atoms with van der Waals surface area (Å²) >= 11 is 0. The molecular weight excluding hydrogens is 336 g/mol. The number of carbonyl (C=O) groups excluding carboxylic acids is 2. The lowest BCUT2D eigenvalue weighted by Gasteiger charge is -2.59. The largest absolute Gasteiger partial charge is 0.349 e. The molecule has 4 nitrogen and oxygen atoms in total. The van der Waals surface area contributed by atoms with Crippen LogP contribution in [0.4, 0.5) is 5.69 Å². The van der Waals surface area contributed by atoms with Gasteiger partial charge in [-0.15, -0.1) is 0 Å². The van der Waals surface area contributed by atoms with Crippen molar-refractivity contribution in [2.45, 2.75) is 64.3 Å². The molecule has 1 unspecified atom stereocenters. The Balaban J connectivity index is 1.27. The van der Waals surface area contributed by atoms with Crippen molar-refractivity contribution in [1.29, 1.82) is 0 Å². The smallest absolute Gasteiger partial charge is 0.251 e. The molecule has 0 saturated heterocycles. The standard InChI is InChI=1S/C23H30N2O2/c1-14(23-11-15-7-16(12-23)9-17(8-15)13-23)24-22(27)19-3-2-4-20(10-19)25-21(26)18-5-6-18/h2-4,10,14-18H,5-9,11-13H2,1H3,(H,24,27)(H,25,26). The first-order valence-corrected chi connectivity index (χ1v) is 10.7. The van der Waals surface area contributed by atoms with E-state index in [0.29, 0.717) is 11.0 Å². The Morgan fingerprint density at radius 3 is 2.26 bits per heavy atom. The molecule has 1 aromatic rings. The van der Waals surface area contributed by atoms with E-state index in [1.54, 1.807) is 0 Å². The fourth-order valence-electron chi connectivity index (χ4n) is 6.47. The summed E-state index contributed by atoms with van der Waals surface area (Å²) in [6.07, 6.45) is 10.1. The molecule has 5 fully saturated rings. The number of hydrogen-bond donors (Lipinski definition) is 2. The van der Waals surface area contributed by atoms with Crippen molar-refractivity contribution in [1.82, 2.24) is 5.32 Å². The lowest BCUT2D eigenvalue weighted by Crippen LogP contribution is -2.55. The molecule has 2 amide bonds. The maximum Gasteiger partial charge on any atom is 0.251 e. The lowest BCUT2D eigenvalue weighted by molar-refractivity contribution is -0.117. The van der Waals surface area contributed by atoms with Crippen LogP contribution >= 0.6 is 0 Å². The van der Waals surface area contributed by atoms with Crippen LogP contribution in [0.15, 0.2) is 24.3 Å². The SMILES string of the molecule is CC(NC(=O)c1cccc(NC(=O)C2CC2)c1)C12CC3CC(CC(C3)C1)C2. The van der Waals surface area contributed by atoms with Crippen LogP contribution in [0.5, 0.6) is 0 Å². The lowest BCUT2D eigenvalue weighted by atomic mass is 9.48. The highest BCUT2D eigenvalue weighted by Crippen LogP contribution is 2.61. The van der Waals surface area contributed by atoms with Crippen LogP contribution in [0.2, 0.25) is 0 Å². The summed E-state index contributed by atoms with van der Waals surface area (Å²) in [5.74, 6) is 2.89. The summed E-state index contributed by atoms with van der Waals surface area (Å²) in [7, 11) is 0. The number of rotatable bonds is 5. The molecule has 0 radical (unpaired) electrons. The Hall–Kier alpha value is -1.84. The molecule has 144 valence electrons. The number of hydrogen-bond acceptors (Lipinski definition) is 2. The predicted molar refractivity (Wildman–Crippen MR) is 105 cm³/mol. The highest BCUT2D eigenvalue weighted by atomic mass is 16.2. The highest BCUT2D eigenvalue weighted by Gasteiger charge is 2.53. The average Bonchev–Trinajstić information content (AvgIpc) is 3.46. The normalized spacial score (nSPS) is 34.9. The third-order valence-corrected chi connectivity index (χ3v) is 7.69. The van der Waals surface area contributed by atoms with E-state index in [1.165, 1.54) is 38.5 Å². The van der Waals surface area contributed by atoms with Gasteiger partial charge in [-0.25, -0.2) is 0 Å². The molecule has 4 heteroatoms. The molecule has 0 aliphatic heterocycles. The van der Waals surface area contributed by atoms with E-state index in [0.717, 1.165) is 36.3 Å². The van der Waals surface area contributed by atoms with Gasteiger partial charge in [0.15, 0.2) is 0 Å². The van der Waals surface area contributed by atoms with Gasteiger partial charge in [0.05, 0.1) is 0 Å². The van der Waals surface area contributed by atoms with E-state index in [-0.39, 0.29) is 23.8 Å². The summed E-state index contributed by atoms with van der Waals surface area (Å²) in [5, 5.41) is 6.26. The van der Waals surface area contributed by atoms with Crippen molar-refractivity contribution in [3.8, 4) is 0 Å². The van der Waals surface area contributed by atoms with Gasteiger partial charge in [-0.2, -0.15) is 0 Å². The molecule has 0 heterocycles. The maximum atomic E-state index is 12.9. The molecular formula is C23H30N2O2. The van der Waals surface area contributed by atoms with E-state index in [9.17, 15) is 9.59 Å². The van der Waals surface area contributed by atoms with E-state index in [4.69, 9.17) is 0 Å². The van der Waals surface area contributed by atoms with Crippen LogP contribution < -0.4 is 10.6 Å². The quantitative estimate of drug-likeness (QED) is 0.813. The Kier molecular flexibility index (Phi) is 4.06. The maximum absolute atomic E-state index is 12.9. The first-order chi connectivity index (χ1) is 13.0. The zero-order valence-corrected chi connectivity index (χ0v) is 16.2. The highest BCUT2D eigenvalue weighted by molar-refractivity contribution is 5.98. The Bertz CT molecular complexity index is 732. The Labute approximate surface area is 161 Å². The molecule has 5 aliphatic carbocycles. The minimum Gasteiger partial charge on any atom is -0.349 e. The number of carbonyl (C=O) groups is 2. The first kappa shape index (κ1) is 17.3. The van der Waals surface area contributed by atoms with Crippen LogP contribution in [-0.2, 0) is 4.79 Å². The van der Waals surface area contributed by atoms with Crippen molar-refractivity contribution < 1.29 is 9.59 Å². The van der Waals surface area contributed by atoms with Crippen molar-refractivity contribution >= 4 is 17.5 Å². The minimum absolute atomic E-state index is 0.0132. The summed E-state index contributed by atoms with van der Waals surface area (Å²) in [6, 6.07) is 7.58. The van der Waals surface area contributed by atoms with Gasteiger partial charge in [0.2, 0.25) is 5.91 Å². The molecule has 6 rings (SSSR count). The zero-order chi connectivity index (χ0) is 18.6. The fraction of sp³-hybridized carbons (Fsp3) is 0.652. The van der Waals surface area contributed by atoms with Gasteiger partial charge < -0.3 is 10.6 Å². The zero-order valence-electron chi connectivity index (χ0n) is 16.2. The minimum atomic E-state index is -0.0132. The van der Waals surface area contributed by atoms with Gasteiger partial charge in [-0.3, -0.25) is 9.59 Å². The summed E-state index contributed by atoms with van der Waals surface area (Å²) in [6.45, 7) is 2.21. The molecule has 1 aromatic carbocycles. The average molecular weight is 367 g/mol. The van der Waals surface area contributed by atoms with E-state index >= 15 is 0 Å². The van der Waals surface area contributed by atoms with Gasteiger partial charge in [-0.05, 0) is 99.7 Å². The van der Waals surface area contributed by atoms with E-state index in [1.807, 2.05) is 24.3 Å². The molecule has 5 aliphatic rings. The second-order valence-electron chi connectivity index (χ2n) is 9.82. The summed E-state index contributed by atoms with van der Waals surface area (Å²) in [4.78, 5) is 24.9. The van der Waals surface area contributed by atoms with Crippen LogP contribution in [0.3, 0.4) is 0 Å². The molecule has 2 N–H and O–H groups in total. The van der Waals surface area contributed by atoms with Gasteiger partial charge in [0.25, 0.3) is 5.91 Å². The van der Waals surface area contributed by atoms with Crippen molar-refractivity contribution in [3.05, 3.63) is 29.8 Å². The monoisotopic (exact) mass is 366 g/mol. The van der Waals surface area contributed by atoms with Crippen LogP contribution in [-0.4, -0.2) is 17.9 Å². The van der Waals surface area contributed by atoms with Crippen LogP contribution in [0.1, 0.15) is 68.6 Å². The van der Waals surface area contributed by atoms with Crippen molar-refractivity contribution in [3.63, 3.8) is 0 Å². The Morgan fingerprint density at radius 2 is 1.67 bits per heavy atom. The fourth-order valence-corrected chi connectivity index (χ4v) is 6.47. The number of nitrogens with one attached hydrogen (secondary N) is 2. The summed E-state index contributed by atoms with van der Waals surface area (Å²) < 4.78 is 0.